The molecule has 0 aliphatic rings. The number of benzene rings is 1. The molecule has 1 aromatic rings. The summed E-state index contributed by atoms with van der Waals surface area (Å²) >= 11 is 7.22. The Labute approximate surface area is 136 Å². The molecular weight excluding hydrogens is 395 g/mol. The fraction of sp³-hybridized carbons (Fsp3) is 0.429. The van der Waals surface area contributed by atoms with Crippen LogP contribution in [0.3, 0.4) is 0 Å². The highest BCUT2D eigenvalue weighted by molar-refractivity contribution is 14.1. The lowest BCUT2D eigenvalue weighted by atomic mass is 10.0. The van der Waals surface area contributed by atoms with Crippen molar-refractivity contribution in [3.63, 3.8) is 0 Å². The highest BCUT2D eigenvalue weighted by Crippen LogP contribution is 2.21. The largest absolute Gasteiger partial charge is 0.458 e. The van der Waals surface area contributed by atoms with E-state index in [1.807, 2.05) is 19.1 Å². The van der Waals surface area contributed by atoms with Gasteiger partial charge in [-0.1, -0.05) is 19.9 Å². The van der Waals surface area contributed by atoms with Crippen molar-refractivity contribution < 1.29 is 19.1 Å². The molecule has 0 unspecified atom stereocenters. The molecule has 0 amide bonds. The van der Waals surface area contributed by atoms with E-state index in [4.69, 9.17) is 16.3 Å². The molecule has 6 heteroatoms. The first kappa shape index (κ1) is 17.2. The minimum absolute atomic E-state index is 0.00739. The van der Waals surface area contributed by atoms with E-state index in [0.717, 1.165) is 22.0 Å². The van der Waals surface area contributed by atoms with Crippen molar-refractivity contribution in [2.24, 2.45) is 0 Å². The van der Waals surface area contributed by atoms with E-state index in [1.165, 1.54) is 5.56 Å². The molecule has 1 rings (SSSR count). The zero-order chi connectivity index (χ0) is 15.1. The van der Waals surface area contributed by atoms with Crippen molar-refractivity contribution in [2.45, 2.75) is 26.7 Å². The predicted octanol–water partition coefficient (Wildman–Crippen LogP) is 3.95. The fourth-order valence-corrected chi connectivity index (χ4v) is 2.68. The van der Waals surface area contributed by atoms with Crippen molar-refractivity contribution in [3.8, 4) is 0 Å². The van der Waals surface area contributed by atoms with Gasteiger partial charge in [-0.2, -0.15) is 0 Å². The van der Waals surface area contributed by atoms with Crippen LogP contribution >= 0.6 is 34.2 Å². The van der Waals surface area contributed by atoms with Gasteiger partial charge in [-0.15, -0.1) is 0 Å². The molecule has 0 fully saturated rings. The summed E-state index contributed by atoms with van der Waals surface area (Å²) in [4.78, 5) is 22.4. The number of carbonyl (C=O) groups excluding carboxylic acids is 2. The van der Waals surface area contributed by atoms with Gasteiger partial charge in [0.15, 0.2) is 0 Å². The second-order valence-corrected chi connectivity index (χ2v) is 5.50. The Morgan fingerprint density at radius 3 is 2.25 bits per heavy atom. The molecular formula is C14H16ClIO4. The highest BCUT2D eigenvalue weighted by Gasteiger charge is 2.14. The second kappa shape index (κ2) is 8.46. The van der Waals surface area contributed by atoms with Crippen LogP contribution in [0.1, 0.15) is 35.3 Å². The third kappa shape index (κ3) is 4.94. The number of halogens is 2. The summed E-state index contributed by atoms with van der Waals surface area (Å²) in [7, 11) is 0. The molecule has 0 heterocycles. The molecule has 20 heavy (non-hydrogen) atoms. The first-order chi connectivity index (χ1) is 9.49. The van der Waals surface area contributed by atoms with Gasteiger partial charge in [0.25, 0.3) is 0 Å². The molecule has 1 aromatic carbocycles. The normalized spacial score (nSPS) is 10.2. The van der Waals surface area contributed by atoms with E-state index >= 15 is 0 Å². The van der Waals surface area contributed by atoms with Gasteiger partial charge in [-0.25, -0.2) is 9.59 Å². The minimum atomic E-state index is -0.905. The number of aryl methyl sites for hydroxylation is 2. The van der Waals surface area contributed by atoms with E-state index in [-0.39, 0.29) is 13.2 Å². The van der Waals surface area contributed by atoms with Gasteiger partial charge in [0.1, 0.15) is 13.2 Å². The number of ether oxygens (including phenoxy) is 2. The number of hydrogen-bond acceptors (Lipinski definition) is 4. The maximum Gasteiger partial charge on any atom is 0.403 e. The molecule has 0 saturated carbocycles. The van der Waals surface area contributed by atoms with Gasteiger partial charge in [-0.3, -0.25) is 0 Å². The van der Waals surface area contributed by atoms with E-state index < -0.39 is 11.4 Å². The van der Waals surface area contributed by atoms with Crippen LogP contribution in [0.15, 0.2) is 12.1 Å². The molecule has 0 bridgehead atoms. The summed E-state index contributed by atoms with van der Waals surface area (Å²) in [5, 5.41) is 0. The lowest BCUT2D eigenvalue weighted by Gasteiger charge is -2.11. The lowest BCUT2D eigenvalue weighted by molar-refractivity contribution is 0.0419. The molecule has 0 saturated heterocycles. The fourth-order valence-electron chi connectivity index (χ4n) is 1.76. The van der Waals surface area contributed by atoms with E-state index in [1.54, 1.807) is 0 Å². The van der Waals surface area contributed by atoms with Gasteiger partial charge in [0.2, 0.25) is 0 Å². The van der Waals surface area contributed by atoms with Gasteiger partial charge in [-0.05, 0) is 52.6 Å². The molecule has 4 nitrogen and oxygen atoms in total. The first-order valence-electron chi connectivity index (χ1n) is 6.30. The van der Waals surface area contributed by atoms with Gasteiger partial charge < -0.3 is 9.47 Å². The predicted molar refractivity (Wildman–Crippen MR) is 85.4 cm³/mol. The van der Waals surface area contributed by atoms with E-state index in [9.17, 15) is 9.59 Å². The number of carbonyl (C=O) groups is 2. The van der Waals surface area contributed by atoms with Crippen molar-refractivity contribution in [1.82, 2.24) is 0 Å². The highest BCUT2D eigenvalue weighted by atomic mass is 127. The van der Waals surface area contributed by atoms with Crippen molar-refractivity contribution in [1.29, 1.82) is 0 Å². The first-order valence-corrected chi connectivity index (χ1v) is 7.75. The quantitative estimate of drug-likeness (QED) is 0.308. The molecule has 0 aromatic heterocycles. The Morgan fingerprint density at radius 2 is 1.70 bits per heavy atom. The third-order valence-corrected chi connectivity index (χ3v) is 3.90. The van der Waals surface area contributed by atoms with Crippen LogP contribution < -0.4 is 0 Å². The van der Waals surface area contributed by atoms with Crippen LogP contribution in [0.5, 0.6) is 0 Å². The SMILES string of the molecule is CCc1cc(CC)c(C(=O)OCCOC(=O)Cl)cc1I. The van der Waals surface area contributed by atoms with E-state index in [2.05, 4.69) is 34.3 Å². The van der Waals surface area contributed by atoms with Crippen molar-refractivity contribution >= 4 is 45.6 Å². The van der Waals surface area contributed by atoms with Crippen LogP contribution in [0, 0.1) is 3.57 Å². The summed E-state index contributed by atoms with van der Waals surface area (Å²) < 4.78 is 10.6. The maximum absolute atomic E-state index is 12.0. The topological polar surface area (TPSA) is 52.6 Å². The lowest BCUT2D eigenvalue weighted by Crippen LogP contribution is -2.14. The van der Waals surface area contributed by atoms with Gasteiger partial charge in [0.05, 0.1) is 5.56 Å². The molecule has 0 aliphatic heterocycles. The van der Waals surface area contributed by atoms with Gasteiger partial charge >= 0.3 is 11.4 Å². The van der Waals surface area contributed by atoms with Crippen LogP contribution in [-0.2, 0) is 22.3 Å². The Hall–Kier alpha value is -0.820. The number of rotatable bonds is 6. The van der Waals surface area contributed by atoms with Crippen LogP contribution in [0.25, 0.3) is 0 Å². The summed E-state index contributed by atoms with van der Waals surface area (Å²) in [6.45, 7) is 4.02. The number of esters is 1. The van der Waals surface area contributed by atoms with Crippen LogP contribution in [-0.4, -0.2) is 24.6 Å². The Bertz CT molecular complexity index is 502. The smallest absolute Gasteiger partial charge is 0.403 e. The van der Waals surface area contributed by atoms with Crippen molar-refractivity contribution in [3.05, 3.63) is 32.4 Å². The summed E-state index contributed by atoms with van der Waals surface area (Å²) in [5.41, 5.74) is 1.83. The zero-order valence-electron chi connectivity index (χ0n) is 11.4. The Balaban J connectivity index is 2.76. The van der Waals surface area contributed by atoms with E-state index in [0.29, 0.717) is 5.56 Å². The van der Waals surface area contributed by atoms with Gasteiger partial charge in [0, 0.05) is 15.2 Å². The Kier molecular flexibility index (Phi) is 7.29. The summed E-state index contributed by atoms with van der Waals surface area (Å²) in [6, 6.07) is 3.88. The summed E-state index contributed by atoms with van der Waals surface area (Å²) in [5.74, 6) is -0.409. The summed E-state index contributed by atoms with van der Waals surface area (Å²) in [6.07, 6.45) is 1.68. The van der Waals surface area contributed by atoms with Crippen molar-refractivity contribution in [2.75, 3.05) is 13.2 Å². The molecule has 0 spiro atoms. The average Bonchev–Trinajstić information content (AvgIpc) is 2.42. The third-order valence-electron chi connectivity index (χ3n) is 2.79. The molecule has 0 radical (unpaired) electrons. The average molecular weight is 411 g/mol. The molecule has 0 N–H and O–H groups in total. The Morgan fingerprint density at radius 1 is 1.10 bits per heavy atom. The van der Waals surface area contributed by atoms with Crippen LogP contribution in [0.2, 0.25) is 0 Å². The number of hydrogen-bond donors (Lipinski definition) is 0. The minimum Gasteiger partial charge on any atom is -0.458 e. The second-order valence-electron chi connectivity index (χ2n) is 4.03. The zero-order valence-corrected chi connectivity index (χ0v) is 14.3. The monoisotopic (exact) mass is 410 g/mol. The maximum atomic E-state index is 12.0. The standard InChI is InChI=1S/C14H16ClIO4/c1-3-9-7-10(4-2)12(16)8-11(9)13(17)19-5-6-20-14(15)18/h7-8H,3-6H2,1-2H3. The molecule has 110 valence electrons. The van der Waals surface area contributed by atoms with Crippen LogP contribution in [0.4, 0.5) is 4.79 Å². The molecule has 0 aliphatic carbocycles. The molecule has 0 atom stereocenters.